The number of carbonyl (C=O) groups is 2. The van der Waals surface area contributed by atoms with Crippen molar-refractivity contribution < 1.29 is 29.6 Å². The van der Waals surface area contributed by atoms with Gasteiger partial charge in [0, 0.05) is 17.3 Å². The Bertz CT molecular complexity index is 690. The van der Waals surface area contributed by atoms with Gasteiger partial charge in [-0.05, 0) is 48.9 Å². The molecule has 0 aliphatic rings. The number of fused-ring (bicyclic) bond motifs is 1. The number of aliphatic hydroxyl groups is 1. The summed E-state index contributed by atoms with van der Waals surface area (Å²) in [6.07, 6.45) is 0.947. The lowest BCUT2D eigenvalue weighted by molar-refractivity contribution is -0.159. The first-order valence-electron chi connectivity index (χ1n) is 8.16. The predicted octanol–water partition coefficient (Wildman–Crippen LogP) is 1.93. The van der Waals surface area contributed by atoms with E-state index in [4.69, 9.17) is 29.6 Å². The van der Waals surface area contributed by atoms with Gasteiger partial charge in [0.25, 0.3) is 0 Å². The molecule has 0 aliphatic heterocycles. The molecular weight excluding hydrogens is 358 g/mol. The summed E-state index contributed by atoms with van der Waals surface area (Å²) in [5, 5.41) is 27.1. The number of carboxylic acid groups (broad SMARTS) is 2. The van der Waals surface area contributed by atoms with E-state index in [1.165, 1.54) is 15.6 Å². The third-order valence-electron chi connectivity index (χ3n) is 3.80. The summed E-state index contributed by atoms with van der Waals surface area (Å²) in [5.74, 6) is -3.65. The fourth-order valence-corrected chi connectivity index (χ4v) is 2.89. The highest BCUT2D eigenvalue weighted by molar-refractivity contribution is 7.17. The van der Waals surface area contributed by atoms with E-state index in [0.717, 1.165) is 13.0 Å². The number of benzene rings is 1. The van der Waals surface area contributed by atoms with Crippen molar-refractivity contribution in [2.75, 3.05) is 33.4 Å². The molecule has 2 aromatic rings. The summed E-state index contributed by atoms with van der Waals surface area (Å²) in [4.78, 5) is 20.3. The molecule has 0 amide bonds. The molecule has 2 rings (SSSR count). The molecule has 144 valence electrons. The van der Waals surface area contributed by atoms with Crippen LogP contribution in [-0.2, 0) is 20.7 Å². The molecule has 0 spiro atoms. The maximum absolute atomic E-state index is 9.10. The van der Waals surface area contributed by atoms with E-state index in [0.29, 0.717) is 19.2 Å². The van der Waals surface area contributed by atoms with E-state index in [1.807, 2.05) is 7.05 Å². The van der Waals surface area contributed by atoms with Crippen LogP contribution in [0.5, 0.6) is 0 Å². The molecule has 0 saturated heterocycles. The highest BCUT2D eigenvalue weighted by Crippen LogP contribution is 2.21. The quantitative estimate of drug-likeness (QED) is 0.472. The number of hydrogen-bond acceptors (Lipinski definition) is 6. The van der Waals surface area contributed by atoms with Crippen molar-refractivity contribution in [2.24, 2.45) is 0 Å². The summed E-state index contributed by atoms with van der Waals surface area (Å²) in [6.45, 7) is 4.46. The van der Waals surface area contributed by atoms with E-state index in [1.54, 1.807) is 11.3 Å². The molecule has 8 heteroatoms. The maximum Gasteiger partial charge on any atom is 0.414 e. The number of hydrogen-bond donors (Lipinski definition) is 3. The first kappa shape index (κ1) is 22.0. The van der Waals surface area contributed by atoms with Crippen molar-refractivity contribution in [1.82, 2.24) is 4.90 Å². The number of aliphatic carboxylic acids is 2. The Morgan fingerprint density at radius 2 is 1.92 bits per heavy atom. The summed E-state index contributed by atoms with van der Waals surface area (Å²) in [6, 6.07) is 9.12. The highest BCUT2D eigenvalue weighted by atomic mass is 32.1. The van der Waals surface area contributed by atoms with Crippen molar-refractivity contribution in [3.8, 4) is 0 Å². The Hall–Kier alpha value is -2.00. The van der Waals surface area contributed by atoms with Gasteiger partial charge in [-0.2, -0.15) is 0 Å². The number of ether oxygens (including phenoxy) is 1. The molecule has 0 saturated carbocycles. The summed E-state index contributed by atoms with van der Waals surface area (Å²) < 4.78 is 7.08. The number of carboxylic acids is 2. The Labute approximate surface area is 156 Å². The van der Waals surface area contributed by atoms with Gasteiger partial charge in [0.1, 0.15) is 0 Å². The zero-order chi connectivity index (χ0) is 19.5. The second-order valence-corrected chi connectivity index (χ2v) is 6.73. The molecule has 0 aliphatic carbocycles. The molecule has 1 atom stereocenters. The number of thiophene rings is 1. The molecule has 1 heterocycles. The van der Waals surface area contributed by atoms with Gasteiger partial charge in [-0.3, -0.25) is 4.90 Å². The number of likely N-dealkylation sites (N-methyl/N-ethyl adjacent to an activating group) is 1. The van der Waals surface area contributed by atoms with Crippen LogP contribution in [0, 0.1) is 0 Å². The van der Waals surface area contributed by atoms with Crippen LogP contribution in [0.1, 0.15) is 12.5 Å². The Kier molecular flexibility index (Phi) is 9.82. The standard InChI is InChI=1S/C16H23NO2S.C2H2O4/c1-13(17(2)7-8-18)12-19-9-5-14-3-4-16-15(11-14)6-10-20-16;3-1(4)2(5)6/h3-4,6,10-11,13,18H,5,7-9,12H2,1-2H3;(H,3,4)(H,5,6). The van der Waals surface area contributed by atoms with Crippen molar-refractivity contribution in [3.63, 3.8) is 0 Å². The maximum atomic E-state index is 9.10. The van der Waals surface area contributed by atoms with E-state index in [2.05, 4.69) is 41.5 Å². The molecule has 3 N–H and O–H groups in total. The molecule has 1 unspecified atom stereocenters. The van der Waals surface area contributed by atoms with Crippen molar-refractivity contribution in [2.45, 2.75) is 19.4 Å². The van der Waals surface area contributed by atoms with Gasteiger partial charge < -0.3 is 20.1 Å². The lowest BCUT2D eigenvalue weighted by Crippen LogP contribution is -2.35. The van der Waals surface area contributed by atoms with E-state index >= 15 is 0 Å². The fourth-order valence-electron chi connectivity index (χ4n) is 2.12. The summed E-state index contributed by atoms with van der Waals surface area (Å²) in [7, 11) is 2.01. The molecule has 0 radical (unpaired) electrons. The molecule has 1 aromatic carbocycles. The predicted molar refractivity (Wildman–Crippen MR) is 101 cm³/mol. The molecule has 7 nitrogen and oxygen atoms in total. The van der Waals surface area contributed by atoms with Gasteiger partial charge >= 0.3 is 11.9 Å². The van der Waals surface area contributed by atoms with Crippen molar-refractivity contribution in [3.05, 3.63) is 35.2 Å². The SMILES string of the molecule is CC(COCCc1ccc2sccc2c1)N(C)CCO.O=C(O)C(=O)O. The topological polar surface area (TPSA) is 107 Å². The smallest absolute Gasteiger partial charge is 0.414 e. The van der Waals surface area contributed by atoms with Gasteiger partial charge in [0.2, 0.25) is 0 Å². The minimum absolute atomic E-state index is 0.196. The first-order valence-corrected chi connectivity index (χ1v) is 9.04. The summed E-state index contributed by atoms with van der Waals surface area (Å²) in [5.41, 5.74) is 1.33. The van der Waals surface area contributed by atoms with E-state index in [-0.39, 0.29) is 6.61 Å². The van der Waals surface area contributed by atoms with Gasteiger partial charge in [0.15, 0.2) is 0 Å². The second-order valence-electron chi connectivity index (χ2n) is 5.78. The lowest BCUT2D eigenvalue weighted by Gasteiger charge is -2.23. The number of nitrogens with zero attached hydrogens (tertiary/aromatic N) is 1. The molecule has 0 fully saturated rings. The third kappa shape index (κ3) is 7.92. The van der Waals surface area contributed by atoms with Crippen LogP contribution in [0.3, 0.4) is 0 Å². The van der Waals surface area contributed by atoms with Crippen LogP contribution in [0.25, 0.3) is 10.1 Å². The number of aliphatic hydroxyl groups excluding tert-OH is 1. The minimum atomic E-state index is -1.82. The van der Waals surface area contributed by atoms with Gasteiger partial charge in [0.05, 0.1) is 19.8 Å². The van der Waals surface area contributed by atoms with Gasteiger partial charge in [-0.15, -0.1) is 11.3 Å². The lowest BCUT2D eigenvalue weighted by atomic mass is 10.1. The average Bonchev–Trinajstić information content (AvgIpc) is 3.07. The largest absolute Gasteiger partial charge is 0.473 e. The van der Waals surface area contributed by atoms with Crippen LogP contribution in [-0.4, -0.2) is 71.6 Å². The minimum Gasteiger partial charge on any atom is -0.473 e. The van der Waals surface area contributed by atoms with Crippen LogP contribution in [0.2, 0.25) is 0 Å². The van der Waals surface area contributed by atoms with Crippen LogP contribution in [0.15, 0.2) is 29.6 Å². The van der Waals surface area contributed by atoms with E-state index in [9.17, 15) is 0 Å². The monoisotopic (exact) mass is 383 g/mol. The average molecular weight is 383 g/mol. The van der Waals surface area contributed by atoms with Crippen molar-refractivity contribution >= 4 is 33.4 Å². The van der Waals surface area contributed by atoms with Gasteiger partial charge in [-0.25, -0.2) is 9.59 Å². The van der Waals surface area contributed by atoms with Crippen LogP contribution in [0.4, 0.5) is 0 Å². The Balaban J connectivity index is 0.000000487. The molecule has 0 bridgehead atoms. The normalized spacial score (nSPS) is 11.8. The third-order valence-corrected chi connectivity index (χ3v) is 4.70. The number of rotatable bonds is 8. The summed E-state index contributed by atoms with van der Waals surface area (Å²) >= 11 is 1.78. The highest BCUT2D eigenvalue weighted by Gasteiger charge is 2.08. The first-order chi connectivity index (χ1) is 12.3. The van der Waals surface area contributed by atoms with Crippen LogP contribution >= 0.6 is 11.3 Å². The second kappa shape index (κ2) is 11.6. The van der Waals surface area contributed by atoms with E-state index < -0.39 is 11.9 Å². The molecule has 26 heavy (non-hydrogen) atoms. The van der Waals surface area contributed by atoms with Crippen molar-refractivity contribution in [1.29, 1.82) is 0 Å². The zero-order valence-electron chi connectivity index (χ0n) is 14.9. The zero-order valence-corrected chi connectivity index (χ0v) is 15.7. The Morgan fingerprint density at radius 3 is 2.54 bits per heavy atom. The van der Waals surface area contributed by atoms with Gasteiger partial charge in [-0.1, -0.05) is 12.1 Å². The fraction of sp³-hybridized carbons (Fsp3) is 0.444. The molecule has 1 aromatic heterocycles. The van der Waals surface area contributed by atoms with Crippen LogP contribution < -0.4 is 0 Å². The Morgan fingerprint density at radius 1 is 1.23 bits per heavy atom. The molecular formula is C18H25NO6S.